The molecule has 6 nitrogen and oxygen atoms in total. The third-order valence-electron chi connectivity index (χ3n) is 6.04. The summed E-state index contributed by atoms with van der Waals surface area (Å²) in [6, 6.07) is 10.7. The summed E-state index contributed by atoms with van der Waals surface area (Å²) >= 11 is 0. The highest BCUT2D eigenvalue weighted by atomic mass is 127. The van der Waals surface area contributed by atoms with Crippen LogP contribution in [-0.2, 0) is 11.2 Å². The molecule has 1 aromatic carbocycles. The molecule has 0 radical (unpaired) electrons. The zero-order valence-corrected chi connectivity index (χ0v) is 21.0. The van der Waals surface area contributed by atoms with Gasteiger partial charge in [0.05, 0.1) is 12.9 Å². The van der Waals surface area contributed by atoms with E-state index >= 15 is 0 Å². The Balaban J connectivity index is 0.00000272. The number of hydrogen-bond acceptors (Lipinski definition) is 4. The van der Waals surface area contributed by atoms with E-state index in [1.54, 1.807) is 6.26 Å². The second-order valence-electron chi connectivity index (χ2n) is 8.41. The lowest BCUT2D eigenvalue weighted by Gasteiger charge is -2.38. The number of piperazine rings is 1. The van der Waals surface area contributed by atoms with Crippen LogP contribution in [0, 0.1) is 19.8 Å². The maximum absolute atomic E-state index is 5.53. The van der Waals surface area contributed by atoms with Gasteiger partial charge in [0.1, 0.15) is 5.76 Å². The van der Waals surface area contributed by atoms with E-state index in [2.05, 4.69) is 47.2 Å². The van der Waals surface area contributed by atoms with E-state index in [9.17, 15) is 0 Å². The molecule has 0 bridgehead atoms. The molecule has 4 rings (SSSR count). The Kier molecular flexibility index (Phi) is 9.07. The molecule has 2 saturated heterocycles. The minimum atomic E-state index is 0. The van der Waals surface area contributed by atoms with Crippen molar-refractivity contribution in [3.63, 3.8) is 0 Å². The molecule has 0 amide bonds. The summed E-state index contributed by atoms with van der Waals surface area (Å²) in [5.74, 6) is 2.57. The fourth-order valence-electron chi connectivity index (χ4n) is 4.18. The van der Waals surface area contributed by atoms with Gasteiger partial charge >= 0.3 is 0 Å². The fourth-order valence-corrected chi connectivity index (χ4v) is 4.18. The molecule has 0 saturated carbocycles. The van der Waals surface area contributed by atoms with Crippen molar-refractivity contribution >= 4 is 35.6 Å². The lowest BCUT2D eigenvalue weighted by molar-refractivity contribution is 0.187. The highest BCUT2D eigenvalue weighted by Gasteiger charge is 2.22. The molecule has 1 aromatic heterocycles. The molecule has 0 spiro atoms. The van der Waals surface area contributed by atoms with Crippen LogP contribution >= 0.6 is 24.0 Å². The maximum Gasteiger partial charge on any atom is 0.194 e. The number of anilines is 1. The van der Waals surface area contributed by atoms with Crippen LogP contribution in [0.5, 0.6) is 0 Å². The predicted octanol–water partition coefficient (Wildman–Crippen LogP) is 3.86. The molecule has 3 heterocycles. The third-order valence-corrected chi connectivity index (χ3v) is 6.04. The van der Waals surface area contributed by atoms with E-state index in [4.69, 9.17) is 14.1 Å². The van der Waals surface area contributed by atoms with Crippen LogP contribution in [0.25, 0.3) is 0 Å². The summed E-state index contributed by atoms with van der Waals surface area (Å²) in [6.45, 7) is 11.7. The Morgan fingerprint density at radius 3 is 2.71 bits per heavy atom. The van der Waals surface area contributed by atoms with E-state index in [1.165, 1.54) is 16.8 Å². The van der Waals surface area contributed by atoms with Crippen LogP contribution in [-0.4, -0.2) is 63.3 Å². The van der Waals surface area contributed by atoms with Crippen LogP contribution in [0.2, 0.25) is 0 Å². The minimum Gasteiger partial charge on any atom is -0.469 e. The number of rotatable bonds is 6. The first kappa shape index (κ1) is 23.9. The Morgan fingerprint density at radius 2 is 2.00 bits per heavy atom. The summed E-state index contributed by atoms with van der Waals surface area (Å²) in [7, 11) is 0. The van der Waals surface area contributed by atoms with Gasteiger partial charge in [-0.3, -0.25) is 4.99 Å². The Hall–Kier alpha value is -1.74. The number of furan rings is 1. The summed E-state index contributed by atoms with van der Waals surface area (Å²) in [4.78, 5) is 9.89. The number of aryl methyl sites for hydroxylation is 2. The predicted molar refractivity (Wildman–Crippen MR) is 137 cm³/mol. The van der Waals surface area contributed by atoms with E-state index in [-0.39, 0.29) is 24.0 Å². The number of nitrogens with zero attached hydrogens (tertiary/aromatic N) is 3. The standard InChI is InChI=1S/C24H34N4O2.HI/c1-19-5-6-20(2)23(16-19)27-10-12-28(13-11-27)24(26-17-21-8-15-29-18-21)25-9-7-22-4-3-14-30-22;/h3-6,14,16,21H,7-13,15,17-18H2,1-2H3,(H,25,26);1H. The number of hydrogen-bond donors (Lipinski definition) is 1. The number of nitrogens with one attached hydrogen (secondary N) is 1. The molecular weight excluding hydrogens is 503 g/mol. The summed E-state index contributed by atoms with van der Waals surface area (Å²) in [5.41, 5.74) is 4.03. The highest BCUT2D eigenvalue weighted by Crippen LogP contribution is 2.23. The van der Waals surface area contributed by atoms with Crippen molar-refractivity contribution in [2.24, 2.45) is 10.9 Å². The largest absolute Gasteiger partial charge is 0.469 e. The van der Waals surface area contributed by atoms with Crippen LogP contribution in [0.4, 0.5) is 5.69 Å². The normalized spacial score (nSPS) is 19.4. The van der Waals surface area contributed by atoms with Gasteiger partial charge in [-0.05, 0) is 49.6 Å². The Morgan fingerprint density at radius 1 is 1.16 bits per heavy atom. The number of guanidine groups is 1. The van der Waals surface area contributed by atoms with Gasteiger partial charge in [0.15, 0.2) is 5.96 Å². The Bertz CT molecular complexity index is 826. The van der Waals surface area contributed by atoms with Crippen molar-refractivity contribution in [3.8, 4) is 0 Å². The van der Waals surface area contributed by atoms with Gasteiger partial charge in [0.25, 0.3) is 0 Å². The molecule has 1 N–H and O–H groups in total. The fraction of sp³-hybridized carbons (Fsp3) is 0.542. The number of benzene rings is 1. The van der Waals surface area contributed by atoms with Crippen LogP contribution in [0.1, 0.15) is 23.3 Å². The van der Waals surface area contributed by atoms with Gasteiger partial charge in [-0.25, -0.2) is 0 Å². The van der Waals surface area contributed by atoms with E-state index < -0.39 is 0 Å². The molecule has 2 aromatic rings. The van der Waals surface area contributed by atoms with Crippen molar-refractivity contribution in [3.05, 3.63) is 53.5 Å². The average Bonchev–Trinajstić information content (AvgIpc) is 3.47. The molecule has 31 heavy (non-hydrogen) atoms. The second kappa shape index (κ2) is 11.8. The number of ether oxygens (including phenoxy) is 1. The highest BCUT2D eigenvalue weighted by molar-refractivity contribution is 14.0. The lowest BCUT2D eigenvalue weighted by atomic mass is 10.1. The second-order valence-corrected chi connectivity index (χ2v) is 8.41. The van der Waals surface area contributed by atoms with Gasteiger partial charge in [-0.1, -0.05) is 12.1 Å². The molecule has 7 heteroatoms. The maximum atomic E-state index is 5.53. The van der Waals surface area contributed by atoms with E-state index in [0.717, 1.165) is 77.0 Å². The van der Waals surface area contributed by atoms with Crippen molar-refractivity contribution in [2.75, 3.05) is 57.4 Å². The zero-order valence-electron chi connectivity index (χ0n) is 18.7. The van der Waals surface area contributed by atoms with Gasteiger partial charge in [-0.15, -0.1) is 24.0 Å². The van der Waals surface area contributed by atoms with Gasteiger partial charge < -0.3 is 24.3 Å². The number of aliphatic imine (C=N–C) groups is 1. The molecule has 2 aliphatic heterocycles. The number of halogens is 1. The molecule has 0 aliphatic carbocycles. The van der Waals surface area contributed by atoms with Crippen molar-refractivity contribution in [1.82, 2.24) is 10.2 Å². The smallest absolute Gasteiger partial charge is 0.194 e. The molecule has 2 aliphatic rings. The first-order valence-corrected chi connectivity index (χ1v) is 11.1. The van der Waals surface area contributed by atoms with Crippen LogP contribution in [0.15, 0.2) is 46.0 Å². The molecular formula is C24H35IN4O2. The first-order chi connectivity index (χ1) is 14.7. The average molecular weight is 538 g/mol. The molecule has 1 unspecified atom stereocenters. The van der Waals surface area contributed by atoms with Crippen molar-refractivity contribution in [1.29, 1.82) is 0 Å². The van der Waals surface area contributed by atoms with Crippen molar-refractivity contribution < 1.29 is 9.15 Å². The quantitative estimate of drug-likeness (QED) is 0.344. The summed E-state index contributed by atoms with van der Waals surface area (Å²) < 4.78 is 11.0. The third kappa shape index (κ3) is 6.62. The summed E-state index contributed by atoms with van der Waals surface area (Å²) in [5, 5.41) is 3.58. The minimum absolute atomic E-state index is 0. The van der Waals surface area contributed by atoms with Crippen LogP contribution < -0.4 is 10.2 Å². The lowest BCUT2D eigenvalue weighted by Crippen LogP contribution is -2.53. The van der Waals surface area contributed by atoms with Crippen molar-refractivity contribution in [2.45, 2.75) is 26.7 Å². The topological polar surface area (TPSA) is 53.2 Å². The Labute approximate surface area is 203 Å². The monoisotopic (exact) mass is 538 g/mol. The van der Waals surface area contributed by atoms with Gasteiger partial charge in [0.2, 0.25) is 0 Å². The first-order valence-electron chi connectivity index (χ1n) is 11.1. The SMILES string of the molecule is Cc1ccc(C)c(N2CCN(C(=NCC3CCOC3)NCCc3ccco3)CC2)c1.I. The molecule has 1 atom stereocenters. The van der Waals surface area contributed by atoms with Gasteiger partial charge in [0, 0.05) is 63.9 Å². The van der Waals surface area contributed by atoms with Crippen LogP contribution in [0.3, 0.4) is 0 Å². The molecule has 170 valence electrons. The summed E-state index contributed by atoms with van der Waals surface area (Å²) in [6.07, 6.45) is 3.71. The molecule has 2 fully saturated rings. The zero-order chi connectivity index (χ0) is 20.8. The van der Waals surface area contributed by atoms with Gasteiger partial charge in [-0.2, -0.15) is 0 Å². The van der Waals surface area contributed by atoms with E-state index in [1.807, 2.05) is 12.1 Å². The van der Waals surface area contributed by atoms with E-state index in [0.29, 0.717) is 5.92 Å².